The first-order valence-corrected chi connectivity index (χ1v) is 7.64. The van der Waals surface area contributed by atoms with Crippen molar-refractivity contribution in [3.05, 3.63) is 54.1 Å². The zero-order valence-corrected chi connectivity index (χ0v) is 13.0. The second-order valence-corrected chi connectivity index (χ2v) is 5.23. The SMILES string of the molecule is CC[C@@H](Oc1ccccc1)C(=O)NCc1ccc2c(c1)OCO2. The summed E-state index contributed by atoms with van der Waals surface area (Å²) in [5, 5.41) is 2.90. The summed E-state index contributed by atoms with van der Waals surface area (Å²) in [6.07, 6.45) is 0.0911. The van der Waals surface area contributed by atoms with Crippen LogP contribution in [0.5, 0.6) is 17.2 Å². The average Bonchev–Trinajstić information content (AvgIpc) is 3.06. The summed E-state index contributed by atoms with van der Waals surface area (Å²) in [6.45, 7) is 2.59. The highest BCUT2D eigenvalue weighted by Gasteiger charge is 2.19. The molecule has 2 aromatic rings. The van der Waals surface area contributed by atoms with Crippen LogP contribution in [-0.4, -0.2) is 18.8 Å². The lowest BCUT2D eigenvalue weighted by Crippen LogP contribution is -2.37. The third kappa shape index (κ3) is 3.74. The smallest absolute Gasteiger partial charge is 0.261 e. The van der Waals surface area contributed by atoms with E-state index >= 15 is 0 Å². The number of fused-ring (bicyclic) bond motifs is 1. The molecule has 0 fully saturated rings. The molecular weight excluding hydrogens is 294 g/mol. The van der Waals surface area contributed by atoms with Crippen molar-refractivity contribution in [2.45, 2.75) is 26.0 Å². The highest BCUT2D eigenvalue weighted by atomic mass is 16.7. The maximum atomic E-state index is 12.3. The molecule has 3 rings (SSSR count). The normalized spacial score (nSPS) is 13.4. The van der Waals surface area contributed by atoms with Crippen molar-refractivity contribution < 1.29 is 19.0 Å². The lowest BCUT2D eigenvalue weighted by atomic mass is 10.2. The second-order valence-electron chi connectivity index (χ2n) is 5.23. The molecule has 0 spiro atoms. The van der Waals surface area contributed by atoms with Crippen LogP contribution in [0.2, 0.25) is 0 Å². The van der Waals surface area contributed by atoms with Gasteiger partial charge in [0.1, 0.15) is 5.75 Å². The third-order valence-corrected chi connectivity index (χ3v) is 3.59. The van der Waals surface area contributed by atoms with Gasteiger partial charge in [-0.25, -0.2) is 0 Å². The van der Waals surface area contributed by atoms with Gasteiger partial charge in [0.05, 0.1) is 0 Å². The summed E-state index contributed by atoms with van der Waals surface area (Å²) in [6, 6.07) is 15.0. The van der Waals surface area contributed by atoms with E-state index < -0.39 is 6.10 Å². The Kier molecular flexibility index (Phi) is 4.66. The Morgan fingerprint density at radius 3 is 2.74 bits per heavy atom. The van der Waals surface area contributed by atoms with Gasteiger partial charge in [0.15, 0.2) is 17.6 Å². The van der Waals surface area contributed by atoms with Gasteiger partial charge < -0.3 is 19.5 Å². The fraction of sp³-hybridized carbons (Fsp3) is 0.278. The molecule has 0 unspecified atom stereocenters. The van der Waals surface area contributed by atoms with E-state index in [1.807, 2.05) is 55.5 Å². The molecule has 1 heterocycles. The van der Waals surface area contributed by atoms with Crippen molar-refractivity contribution in [3.63, 3.8) is 0 Å². The molecule has 2 aromatic carbocycles. The Morgan fingerprint density at radius 1 is 1.17 bits per heavy atom. The first-order valence-electron chi connectivity index (χ1n) is 7.64. The van der Waals surface area contributed by atoms with Crippen LogP contribution in [0.25, 0.3) is 0 Å². The number of hydrogen-bond donors (Lipinski definition) is 1. The van der Waals surface area contributed by atoms with E-state index in [9.17, 15) is 4.79 Å². The lowest BCUT2D eigenvalue weighted by molar-refractivity contribution is -0.128. The standard InChI is InChI=1S/C18H19NO4/c1-2-15(23-14-6-4-3-5-7-14)18(20)19-11-13-8-9-16-17(10-13)22-12-21-16/h3-10,15H,2,11-12H2,1H3,(H,19,20)/t15-/m1/s1. The number of hydrogen-bond acceptors (Lipinski definition) is 4. The zero-order chi connectivity index (χ0) is 16.1. The Labute approximate surface area is 135 Å². The van der Waals surface area contributed by atoms with E-state index in [4.69, 9.17) is 14.2 Å². The summed E-state index contributed by atoms with van der Waals surface area (Å²) in [7, 11) is 0. The van der Waals surface area contributed by atoms with Crippen LogP contribution in [0, 0.1) is 0 Å². The van der Waals surface area contributed by atoms with E-state index in [2.05, 4.69) is 5.32 Å². The molecule has 5 nitrogen and oxygen atoms in total. The van der Waals surface area contributed by atoms with Crippen molar-refractivity contribution >= 4 is 5.91 Å². The summed E-state index contributed by atoms with van der Waals surface area (Å²) in [5.74, 6) is 2.01. The number of carbonyl (C=O) groups excluding carboxylic acids is 1. The van der Waals surface area contributed by atoms with Crippen LogP contribution < -0.4 is 19.5 Å². The second kappa shape index (κ2) is 7.05. The Hall–Kier alpha value is -2.69. The van der Waals surface area contributed by atoms with Crippen molar-refractivity contribution in [2.24, 2.45) is 0 Å². The molecule has 0 bridgehead atoms. The summed E-state index contributed by atoms with van der Waals surface area (Å²) in [4.78, 5) is 12.3. The van der Waals surface area contributed by atoms with Gasteiger partial charge in [-0.2, -0.15) is 0 Å². The number of carbonyl (C=O) groups is 1. The van der Waals surface area contributed by atoms with Crippen LogP contribution in [0.15, 0.2) is 48.5 Å². The van der Waals surface area contributed by atoms with Crippen molar-refractivity contribution in [3.8, 4) is 17.2 Å². The minimum absolute atomic E-state index is 0.131. The number of amides is 1. The van der Waals surface area contributed by atoms with E-state index in [0.29, 0.717) is 24.5 Å². The van der Waals surface area contributed by atoms with Crippen LogP contribution in [0.3, 0.4) is 0 Å². The molecule has 1 atom stereocenters. The average molecular weight is 313 g/mol. The van der Waals surface area contributed by atoms with Crippen molar-refractivity contribution in [1.29, 1.82) is 0 Å². The van der Waals surface area contributed by atoms with Gasteiger partial charge in [0.2, 0.25) is 6.79 Å². The van der Waals surface area contributed by atoms with Gasteiger partial charge in [-0.15, -0.1) is 0 Å². The van der Waals surface area contributed by atoms with Gasteiger partial charge >= 0.3 is 0 Å². The number of nitrogens with one attached hydrogen (secondary N) is 1. The van der Waals surface area contributed by atoms with Crippen molar-refractivity contribution in [1.82, 2.24) is 5.32 Å². The molecule has 5 heteroatoms. The predicted octanol–water partition coefficient (Wildman–Crippen LogP) is 2.89. The van der Waals surface area contributed by atoms with E-state index in [1.165, 1.54) is 0 Å². The highest BCUT2D eigenvalue weighted by Crippen LogP contribution is 2.32. The van der Waals surface area contributed by atoms with E-state index in [-0.39, 0.29) is 12.7 Å². The first kappa shape index (κ1) is 15.2. The monoisotopic (exact) mass is 313 g/mol. The minimum Gasteiger partial charge on any atom is -0.481 e. The fourth-order valence-corrected chi connectivity index (χ4v) is 2.34. The quantitative estimate of drug-likeness (QED) is 0.891. The minimum atomic E-state index is -0.508. The summed E-state index contributed by atoms with van der Waals surface area (Å²) < 4.78 is 16.3. The van der Waals surface area contributed by atoms with Crippen LogP contribution in [0.4, 0.5) is 0 Å². The number of benzene rings is 2. The predicted molar refractivity (Wildman–Crippen MR) is 85.6 cm³/mol. The van der Waals surface area contributed by atoms with Gasteiger partial charge in [0.25, 0.3) is 5.91 Å². The van der Waals surface area contributed by atoms with E-state index in [1.54, 1.807) is 0 Å². The van der Waals surface area contributed by atoms with E-state index in [0.717, 1.165) is 11.3 Å². The van der Waals surface area contributed by atoms with Crippen LogP contribution in [-0.2, 0) is 11.3 Å². The topological polar surface area (TPSA) is 56.8 Å². The number of rotatable bonds is 6. The molecular formula is C18H19NO4. The molecule has 1 aliphatic rings. The molecule has 0 aliphatic carbocycles. The molecule has 0 saturated heterocycles. The molecule has 1 N–H and O–H groups in total. The Morgan fingerprint density at radius 2 is 1.96 bits per heavy atom. The van der Waals surface area contributed by atoms with Crippen LogP contribution >= 0.6 is 0 Å². The molecule has 1 aliphatic heterocycles. The number of para-hydroxylation sites is 1. The van der Waals surface area contributed by atoms with Gasteiger partial charge in [-0.1, -0.05) is 31.2 Å². The molecule has 0 radical (unpaired) electrons. The fourth-order valence-electron chi connectivity index (χ4n) is 2.34. The molecule has 0 saturated carbocycles. The lowest BCUT2D eigenvalue weighted by Gasteiger charge is -2.17. The largest absolute Gasteiger partial charge is 0.481 e. The molecule has 23 heavy (non-hydrogen) atoms. The highest BCUT2D eigenvalue weighted by molar-refractivity contribution is 5.81. The Bertz CT molecular complexity index is 672. The summed E-state index contributed by atoms with van der Waals surface area (Å²) >= 11 is 0. The maximum absolute atomic E-state index is 12.3. The number of ether oxygens (including phenoxy) is 3. The maximum Gasteiger partial charge on any atom is 0.261 e. The van der Waals surface area contributed by atoms with Gasteiger partial charge in [-0.3, -0.25) is 4.79 Å². The van der Waals surface area contributed by atoms with Gasteiger partial charge in [-0.05, 0) is 36.2 Å². The Balaban J connectivity index is 1.57. The zero-order valence-electron chi connectivity index (χ0n) is 13.0. The van der Waals surface area contributed by atoms with Crippen molar-refractivity contribution in [2.75, 3.05) is 6.79 Å². The molecule has 120 valence electrons. The molecule has 0 aromatic heterocycles. The third-order valence-electron chi connectivity index (χ3n) is 3.59. The first-order chi connectivity index (χ1) is 11.3. The summed E-state index contributed by atoms with van der Waals surface area (Å²) in [5.41, 5.74) is 0.956. The van der Waals surface area contributed by atoms with Gasteiger partial charge in [0, 0.05) is 6.54 Å². The molecule has 1 amide bonds. The van der Waals surface area contributed by atoms with Crippen LogP contribution in [0.1, 0.15) is 18.9 Å².